The highest BCUT2D eigenvalue weighted by molar-refractivity contribution is 5.83. The van der Waals surface area contributed by atoms with E-state index in [4.69, 9.17) is 0 Å². The maximum Gasteiger partial charge on any atom is 0.254 e. The summed E-state index contributed by atoms with van der Waals surface area (Å²) in [6.07, 6.45) is 5.25. The van der Waals surface area contributed by atoms with E-state index in [0.717, 1.165) is 22.3 Å². The highest BCUT2D eigenvalue weighted by Crippen LogP contribution is 2.20. The fraction of sp³-hybridized carbons (Fsp3) is 0. The molecule has 1 heterocycles. The third-order valence-electron chi connectivity index (χ3n) is 3.59. The van der Waals surface area contributed by atoms with Crippen LogP contribution in [0.2, 0.25) is 0 Å². The summed E-state index contributed by atoms with van der Waals surface area (Å²) in [5, 5.41) is 0. The Morgan fingerprint density at radius 1 is 0.769 bits per heavy atom. The summed E-state index contributed by atoms with van der Waals surface area (Å²) in [7, 11) is 0. The fourth-order valence-electron chi connectivity index (χ4n) is 2.34. The minimum Gasteiger partial charge on any atom is -0.228 e. The summed E-state index contributed by atoms with van der Waals surface area (Å²) in [6, 6.07) is 15.5. The molecule has 0 spiro atoms. The van der Waals surface area contributed by atoms with E-state index in [9.17, 15) is 0 Å². The molecular formula is C21H17N5. The molecule has 0 aliphatic heterocycles. The lowest BCUT2D eigenvalue weighted by Crippen LogP contribution is -1.93. The van der Waals surface area contributed by atoms with Crippen molar-refractivity contribution < 1.29 is 0 Å². The summed E-state index contributed by atoms with van der Waals surface area (Å²) >= 11 is 0. The first kappa shape index (κ1) is 17.1. The van der Waals surface area contributed by atoms with Gasteiger partial charge in [0.25, 0.3) is 11.9 Å². The fourth-order valence-corrected chi connectivity index (χ4v) is 2.34. The van der Waals surface area contributed by atoms with Crippen LogP contribution in [0.15, 0.2) is 71.7 Å². The molecule has 3 rings (SSSR count). The highest BCUT2D eigenvalue weighted by atomic mass is 15.2. The molecule has 26 heavy (non-hydrogen) atoms. The Morgan fingerprint density at radius 3 is 2.00 bits per heavy atom. The van der Waals surface area contributed by atoms with Crippen LogP contribution in [-0.2, 0) is 0 Å². The van der Waals surface area contributed by atoms with Gasteiger partial charge in [-0.2, -0.15) is 15.0 Å². The largest absolute Gasteiger partial charge is 0.254 e. The predicted octanol–water partition coefficient (Wildman–Crippen LogP) is 4.91. The van der Waals surface area contributed by atoms with Crippen LogP contribution in [0, 0.1) is 0 Å². The Hall–Kier alpha value is -3.73. The molecule has 0 saturated carbocycles. The topological polar surface area (TPSA) is 63.4 Å². The quantitative estimate of drug-likeness (QED) is 0.600. The minimum atomic E-state index is 0.234. The smallest absolute Gasteiger partial charge is 0.228 e. The zero-order valence-corrected chi connectivity index (χ0v) is 14.2. The van der Waals surface area contributed by atoms with Crippen molar-refractivity contribution in [3.05, 3.63) is 78.4 Å². The van der Waals surface area contributed by atoms with Crippen molar-refractivity contribution in [3.63, 3.8) is 0 Å². The van der Waals surface area contributed by atoms with Crippen LogP contribution in [0.25, 0.3) is 23.5 Å². The molecule has 0 saturated heterocycles. The lowest BCUT2D eigenvalue weighted by Gasteiger charge is -2.03. The molecule has 0 aliphatic carbocycles. The van der Waals surface area contributed by atoms with Crippen molar-refractivity contribution in [2.24, 2.45) is 9.98 Å². The molecule has 0 amide bonds. The Balaban J connectivity index is 1.99. The number of hydrogen-bond acceptors (Lipinski definition) is 5. The Labute approximate surface area is 152 Å². The molecule has 0 N–H and O–H groups in total. The van der Waals surface area contributed by atoms with E-state index in [1.165, 1.54) is 0 Å². The maximum atomic E-state index is 4.40. The van der Waals surface area contributed by atoms with Gasteiger partial charge in [0.05, 0.1) is 0 Å². The van der Waals surface area contributed by atoms with E-state index in [-0.39, 0.29) is 11.9 Å². The van der Waals surface area contributed by atoms with E-state index in [2.05, 4.69) is 44.8 Å². The van der Waals surface area contributed by atoms with Gasteiger partial charge >= 0.3 is 0 Å². The van der Waals surface area contributed by atoms with Gasteiger partial charge < -0.3 is 0 Å². The lowest BCUT2D eigenvalue weighted by molar-refractivity contribution is 1.04. The summed E-state index contributed by atoms with van der Waals surface area (Å²) in [5.41, 5.74) is 3.72. The highest BCUT2D eigenvalue weighted by Gasteiger charge is 2.06. The number of aliphatic imine (C=N–C) groups is 2. The van der Waals surface area contributed by atoms with E-state index in [0.29, 0.717) is 5.82 Å². The van der Waals surface area contributed by atoms with E-state index < -0.39 is 0 Å². The molecule has 0 bridgehead atoms. The zero-order valence-electron chi connectivity index (χ0n) is 14.2. The number of nitrogens with zero attached hydrogens (tertiary/aromatic N) is 5. The van der Waals surface area contributed by atoms with Crippen molar-refractivity contribution in [3.8, 4) is 11.4 Å². The molecular weight excluding hydrogens is 322 g/mol. The summed E-state index contributed by atoms with van der Waals surface area (Å²) in [4.78, 5) is 21.1. The van der Waals surface area contributed by atoms with Gasteiger partial charge in [0.15, 0.2) is 5.82 Å². The van der Waals surface area contributed by atoms with Gasteiger partial charge in [-0.25, -0.2) is 9.98 Å². The van der Waals surface area contributed by atoms with E-state index >= 15 is 0 Å². The molecule has 0 radical (unpaired) electrons. The van der Waals surface area contributed by atoms with Crippen molar-refractivity contribution in [2.75, 3.05) is 0 Å². The molecule has 1 aromatic heterocycles. The summed E-state index contributed by atoms with van der Waals surface area (Å²) in [6.45, 7) is 11.1. The molecule has 126 valence electrons. The van der Waals surface area contributed by atoms with Gasteiger partial charge in [0.1, 0.15) is 0 Å². The Morgan fingerprint density at radius 2 is 1.38 bits per heavy atom. The van der Waals surface area contributed by atoms with Crippen molar-refractivity contribution in [2.45, 2.75) is 0 Å². The van der Waals surface area contributed by atoms with Crippen molar-refractivity contribution in [1.82, 2.24) is 15.0 Å². The van der Waals surface area contributed by atoms with E-state index in [1.807, 2.05) is 48.5 Å². The molecule has 0 aliphatic rings. The van der Waals surface area contributed by atoms with Gasteiger partial charge in [0.2, 0.25) is 0 Å². The Bertz CT molecular complexity index is 964. The number of hydrogen-bond donors (Lipinski definition) is 0. The minimum absolute atomic E-state index is 0.234. The number of rotatable bonds is 6. The number of benzene rings is 2. The molecule has 0 fully saturated rings. The molecule has 5 nitrogen and oxygen atoms in total. The van der Waals surface area contributed by atoms with Crippen molar-refractivity contribution >= 4 is 37.0 Å². The van der Waals surface area contributed by atoms with Crippen LogP contribution in [0.3, 0.4) is 0 Å². The summed E-state index contributed by atoms with van der Waals surface area (Å²) in [5.74, 6) is 1.00. The second kappa shape index (κ2) is 7.90. The first-order chi connectivity index (χ1) is 12.7. The van der Waals surface area contributed by atoms with Gasteiger partial charge in [-0.05, 0) is 41.6 Å². The second-order valence-electron chi connectivity index (χ2n) is 5.38. The monoisotopic (exact) mass is 339 g/mol. The first-order valence-corrected chi connectivity index (χ1v) is 7.94. The average molecular weight is 339 g/mol. The molecule has 3 aromatic rings. The maximum absolute atomic E-state index is 4.40. The third kappa shape index (κ3) is 4.02. The zero-order chi connectivity index (χ0) is 18.4. The van der Waals surface area contributed by atoms with E-state index in [1.54, 1.807) is 18.4 Å². The summed E-state index contributed by atoms with van der Waals surface area (Å²) < 4.78 is 0. The van der Waals surface area contributed by atoms with Crippen molar-refractivity contribution in [1.29, 1.82) is 0 Å². The van der Waals surface area contributed by atoms with Crippen LogP contribution in [0.1, 0.15) is 16.7 Å². The molecule has 0 unspecified atom stereocenters. The van der Waals surface area contributed by atoms with Crippen LogP contribution in [-0.4, -0.2) is 27.9 Å². The number of aromatic nitrogens is 3. The van der Waals surface area contributed by atoms with Crippen LogP contribution >= 0.6 is 0 Å². The van der Waals surface area contributed by atoms with Gasteiger partial charge in [-0.3, -0.25) is 0 Å². The molecule has 2 aromatic carbocycles. The standard InChI is InChI=1S/C21H17N5/c1-4-15-11-16(5-2)13-17(12-15)14-23-21-25-19(24-20(22-3)26-21)18-9-7-6-8-10-18/h4-14H,1-3H2. The Kier molecular flexibility index (Phi) is 5.19. The lowest BCUT2D eigenvalue weighted by atomic mass is 10.1. The SMILES string of the molecule is C=Cc1cc(C=C)cc(C=Nc2nc(N=C)nc(-c3ccccc3)n2)c1. The molecule has 5 heteroatoms. The second-order valence-corrected chi connectivity index (χ2v) is 5.38. The van der Waals surface area contributed by atoms with Crippen LogP contribution < -0.4 is 0 Å². The van der Waals surface area contributed by atoms with Gasteiger partial charge in [-0.1, -0.05) is 55.6 Å². The third-order valence-corrected chi connectivity index (χ3v) is 3.59. The van der Waals surface area contributed by atoms with Crippen LogP contribution in [0.4, 0.5) is 11.9 Å². The molecule has 0 atom stereocenters. The average Bonchev–Trinajstić information content (AvgIpc) is 2.72. The van der Waals surface area contributed by atoms with Gasteiger partial charge in [-0.15, -0.1) is 0 Å². The first-order valence-electron chi connectivity index (χ1n) is 7.94. The van der Waals surface area contributed by atoms with Crippen LogP contribution in [0.5, 0.6) is 0 Å². The van der Waals surface area contributed by atoms with Gasteiger partial charge in [0, 0.05) is 11.8 Å². The normalized spacial score (nSPS) is 10.6. The predicted molar refractivity (Wildman–Crippen MR) is 108 cm³/mol.